The zero-order valence-corrected chi connectivity index (χ0v) is 17.8. The standard InChI is InChI=1S/C20H24BrN5O2/c1-12(2)20(27)23-10-4-9-22-16-15(21)11-24-19-17(16)25-18(26-19)13-5-7-14(28-3)8-6-13/h5-8,11-12H,4,9-10H2,1-3H3,(H,23,27)(H2,22,24,25,26). The molecule has 7 nitrogen and oxygen atoms in total. The predicted octanol–water partition coefficient (Wildman–Crippen LogP) is 3.97. The number of aromatic nitrogens is 3. The summed E-state index contributed by atoms with van der Waals surface area (Å²) in [5.74, 6) is 1.62. The van der Waals surface area contributed by atoms with Gasteiger partial charge in [0.05, 0.1) is 17.3 Å². The number of imidazole rings is 1. The molecule has 2 heterocycles. The topological polar surface area (TPSA) is 91.9 Å². The first kappa shape index (κ1) is 20.1. The summed E-state index contributed by atoms with van der Waals surface area (Å²) in [4.78, 5) is 24.0. The van der Waals surface area contributed by atoms with Crippen molar-refractivity contribution < 1.29 is 9.53 Å². The number of rotatable bonds is 8. The zero-order valence-electron chi connectivity index (χ0n) is 16.2. The van der Waals surface area contributed by atoms with Crippen LogP contribution in [0.25, 0.3) is 22.6 Å². The van der Waals surface area contributed by atoms with Crippen LogP contribution in [0.1, 0.15) is 20.3 Å². The molecule has 0 atom stereocenters. The Morgan fingerprint density at radius 3 is 2.68 bits per heavy atom. The van der Waals surface area contributed by atoms with Crippen LogP contribution in [0.4, 0.5) is 5.69 Å². The summed E-state index contributed by atoms with van der Waals surface area (Å²) < 4.78 is 6.06. The van der Waals surface area contributed by atoms with Crippen LogP contribution >= 0.6 is 15.9 Å². The molecule has 0 saturated carbocycles. The highest BCUT2D eigenvalue weighted by Gasteiger charge is 2.13. The van der Waals surface area contributed by atoms with E-state index in [1.807, 2.05) is 38.1 Å². The van der Waals surface area contributed by atoms with Gasteiger partial charge >= 0.3 is 0 Å². The Bertz CT molecular complexity index is 953. The maximum absolute atomic E-state index is 11.6. The van der Waals surface area contributed by atoms with E-state index in [0.717, 1.165) is 39.2 Å². The molecule has 0 unspecified atom stereocenters. The van der Waals surface area contributed by atoms with E-state index >= 15 is 0 Å². The lowest BCUT2D eigenvalue weighted by molar-refractivity contribution is -0.123. The molecule has 1 aromatic carbocycles. The lowest BCUT2D eigenvalue weighted by Crippen LogP contribution is -2.29. The number of halogens is 1. The average Bonchev–Trinajstić information content (AvgIpc) is 3.13. The Morgan fingerprint density at radius 1 is 1.25 bits per heavy atom. The van der Waals surface area contributed by atoms with E-state index in [-0.39, 0.29) is 11.8 Å². The number of benzene rings is 1. The van der Waals surface area contributed by atoms with Crippen LogP contribution in [0.5, 0.6) is 5.75 Å². The fourth-order valence-corrected chi connectivity index (χ4v) is 3.15. The molecule has 0 aliphatic heterocycles. The van der Waals surface area contributed by atoms with E-state index in [4.69, 9.17) is 4.74 Å². The van der Waals surface area contributed by atoms with Crippen LogP contribution < -0.4 is 15.4 Å². The first-order chi connectivity index (χ1) is 13.5. The number of carbonyl (C=O) groups excluding carboxylic acids is 1. The van der Waals surface area contributed by atoms with Crippen LogP contribution in [0.2, 0.25) is 0 Å². The quantitative estimate of drug-likeness (QED) is 0.456. The Labute approximate surface area is 172 Å². The Balaban J connectivity index is 1.72. The smallest absolute Gasteiger partial charge is 0.222 e. The molecule has 3 N–H and O–H groups in total. The number of pyridine rings is 1. The van der Waals surface area contributed by atoms with Gasteiger partial charge in [-0.2, -0.15) is 0 Å². The molecule has 0 aliphatic rings. The van der Waals surface area contributed by atoms with Gasteiger partial charge in [0.2, 0.25) is 5.91 Å². The van der Waals surface area contributed by atoms with Crippen molar-refractivity contribution >= 4 is 38.7 Å². The van der Waals surface area contributed by atoms with Gasteiger partial charge in [-0.15, -0.1) is 0 Å². The normalized spacial score (nSPS) is 11.0. The molecule has 148 valence electrons. The third-order valence-corrected chi connectivity index (χ3v) is 4.92. The molecule has 0 saturated heterocycles. The Kier molecular flexibility index (Phi) is 6.51. The zero-order chi connectivity index (χ0) is 20.1. The summed E-state index contributed by atoms with van der Waals surface area (Å²) in [6.07, 6.45) is 2.55. The molecule has 0 radical (unpaired) electrons. The fourth-order valence-electron chi connectivity index (χ4n) is 2.71. The maximum Gasteiger partial charge on any atom is 0.222 e. The fraction of sp³-hybridized carbons (Fsp3) is 0.350. The molecular formula is C20H24BrN5O2. The van der Waals surface area contributed by atoms with E-state index in [1.54, 1.807) is 13.3 Å². The first-order valence-electron chi connectivity index (χ1n) is 9.20. The molecular weight excluding hydrogens is 422 g/mol. The van der Waals surface area contributed by atoms with Crippen LogP contribution in [-0.4, -0.2) is 41.1 Å². The lowest BCUT2D eigenvalue weighted by atomic mass is 10.2. The minimum absolute atomic E-state index is 0.00305. The van der Waals surface area contributed by atoms with Gasteiger partial charge in [-0.1, -0.05) is 13.8 Å². The van der Waals surface area contributed by atoms with E-state index in [2.05, 4.69) is 41.5 Å². The number of hydrogen-bond acceptors (Lipinski definition) is 5. The molecule has 2 aromatic heterocycles. The maximum atomic E-state index is 11.6. The Hall–Kier alpha value is -2.61. The minimum atomic E-state index is 0.00305. The molecule has 1 amide bonds. The minimum Gasteiger partial charge on any atom is -0.497 e. The number of H-pyrrole nitrogens is 1. The number of nitrogens with zero attached hydrogens (tertiary/aromatic N) is 2. The number of aromatic amines is 1. The van der Waals surface area contributed by atoms with Crippen molar-refractivity contribution in [3.63, 3.8) is 0 Å². The average molecular weight is 446 g/mol. The van der Waals surface area contributed by atoms with Crippen molar-refractivity contribution in [2.24, 2.45) is 5.92 Å². The second-order valence-electron chi connectivity index (χ2n) is 6.72. The molecule has 28 heavy (non-hydrogen) atoms. The van der Waals surface area contributed by atoms with Crippen molar-refractivity contribution in [3.8, 4) is 17.1 Å². The van der Waals surface area contributed by atoms with Gasteiger partial charge in [0.25, 0.3) is 0 Å². The third kappa shape index (κ3) is 4.62. The number of nitrogens with one attached hydrogen (secondary N) is 3. The predicted molar refractivity (Wildman–Crippen MR) is 115 cm³/mol. The summed E-state index contributed by atoms with van der Waals surface area (Å²) in [6, 6.07) is 7.71. The summed E-state index contributed by atoms with van der Waals surface area (Å²) in [5.41, 5.74) is 3.35. The van der Waals surface area contributed by atoms with Crippen molar-refractivity contribution in [1.29, 1.82) is 0 Å². The van der Waals surface area contributed by atoms with E-state index in [1.165, 1.54) is 0 Å². The number of amides is 1. The summed E-state index contributed by atoms with van der Waals surface area (Å²) >= 11 is 3.55. The number of hydrogen-bond donors (Lipinski definition) is 3. The van der Waals surface area contributed by atoms with Crippen LogP contribution in [0.3, 0.4) is 0 Å². The molecule has 0 aliphatic carbocycles. The number of anilines is 1. The van der Waals surface area contributed by atoms with E-state index in [0.29, 0.717) is 18.7 Å². The SMILES string of the molecule is COc1ccc(-c2nc3ncc(Br)c(NCCCNC(=O)C(C)C)c3[nH]2)cc1. The van der Waals surface area contributed by atoms with Gasteiger partial charge < -0.3 is 20.4 Å². The van der Waals surface area contributed by atoms with E-state index in [9.17, 15) is 4.79 Å². The third-order valence-electron chi connectivity index (χ3n) is 4.32. The van der Waals surface area contributed by atoms with Gasteiger partial charge in [-0.3, -0.25) is 4.79 Å². The second-order valence-corrected chi connectivity index (χ2v) is 7.57. The highest BCUT2D eigenvalue weighted by atomic mass is 79.9. The molecule has 0 spiro atoms. The number of carbonyl (C=O) groups is 1. The number of ether oxygens (including phenoxy) is 1. The van der Waals surface area contributed by atoms with E-state index < -0.39 is 0 Å². The largest absolute Gasteiger partial charge is 0.497 e. The van der Waals surface area contributed by atoms with Crippen molar-refractivity contribution in [2.45, 2.75) is 20.3 Å². The lowest BCUT2D eigenvalue weighted by Gasteiger charge is -2.10. The highest BCUT2D eigenvalue weighted by molar-refractivity contribution is 9.10. The molecule has 0 fully saturated rings. The van der Waals surface area contributed by atoms with Crippen LogP contribution in [0.15, 0.2) is 34.9 Å². The van der Waals surface area contributed by atoms with Gasteiger partial charge in [-0.05, 0) is 46.6 Å². The summed E-state index contributed by atoms with van der Waals surface area (Å²) in [5, 5.41) is 6.33. The molecule has 3 aromatic rings. The first-order valence-corrected chi connectivity index (χ1v) is 9.99. The van der Waals surface area contributed by atoms with Gasteiger partial charge in [-0.25, -0.2) is 9.97 Å². The van der Waals surface area contributed by atoms with Crippen LogP contribution in [-0.2, 0) is 4.79 Å². The van der Waals surface area contributed by atoms with Crippen molar-refractivity contribution in [2.75, 3.05) is 25.5 Å². The summed E-state index contributed by atoms with van der Waals surface area (Å²) in [7, 11) is 1.64. The van der Waals surface area contributed by atoms with Crippen molar-refractivity contribution in [3.05, 3.63) is 34.9 Å². The van der Waals surface area contributed by atoms with Crippen molar-refractivity contribution in [1.82, 2.24) is 20.3 Å². The molecule has 8 heteroatoms. The molecule has 3 rings (SSSR count). The number of methoxy groups -OCH3 is 1. The number of fused-ring (bicyclic) bond motifs is 1. The van der Waals surface area contributed by atoms with Gasteiger partial charge in [0.1, 0.15) is 17.1 Å². The molecule has 0 bridgehead atoms. The van der Waals surface area contributed by atoms with Gasteiger partial charge in [0, 0.05) is 30.8 Å². The highest BCUT2D eigenvalue weighted by Crippen LogP contribution is 2.31. The second kappa shape index (κ2) is 9.05. The monoisotopic (exact) mass is 445 g/mol. The summed E-state index contributed by atoms with van der Waals surface area (Å²) in [6.45, 7) is 5.12. The van der Waals surface area contributed by atoms with Gasteiger partial charge in [0.15, 0.2) is 5.65 Å². The van der Waals surface area contributed by atoms with Crippen LogP contribution in [0, 0.1) is 5.92 Å². The Morgan fingerprint density at radius 2 is 2.00 bits per heavy atom.